The molecule has 4 aliphatic rings. The van der Waals surface area contributed by atoms with Crippen LogP contribution >= 0.6 is 0 Å². The van der Waals surface area contributed by atoms with Crippen molar-refractivity contribution in [2.24, 2.45) is 17.8 Å². The standard InChI is InChI=1S/C24H31N5O4/c1-33-24(32)16-5-8-27(9-6-16)23(31)21-14-28-10-7-17(21)11-19(28)13-29-15-22(25-26-29)18-3-2-4-20(30)12-18/h2-4,12,15-17,19,21,30H,5-11,13-14H2,1H3/t17?,19-,21+/m1/s1. The number of rotatable bonds is 5. The first-order valence-corrected chi connectivity index (χ1v) is 11.8. The number of piperidine rings is 4. The summed E-state index contributed by atoms with van der Waals surface area (Å²) in [7, 11) is 1.43. The van der Waals surface area contributed by atoms with Crippen LogP contribution in [0.15, 0.2) is 30.5 Å². The van der Waals surface area contributed by atoms with Gasteiger partial charge in [-0.3, -0.25) is 19.2 Å². The molecule has 0 aliphatic carbocycles. The molecule has 6 rings (SSSR count). The first-order valence-electron chi connectivity index (χ1n) is 11.8. The van der Waals surface area contributed by atoms with Gasteiger partial charge in [0.25, 0.3) is 0 Å². The van der Waals surface area contributed by atoms with E-state index < -0.39 is 0 Å². The smallest absolute Gasteiger partial charge is 0.308 e. The van der Waals surface area contributed by atoms with E-state index in [9.17, 15) is 14.7 Å². The summed E-state index contributed by atoms with van der Waals surface area (Å²) in [4.78, 5) is 29.4. The minimum Gasteiger partial charge on any atom is -0.508 e. The van der Waals surface area contributed by atoms with Crippen molar-refractivity contribution in [1.29, 1.82) is 0 Å². The lowest BCUT2D eigenvalue weighted by Crippen LogP contribution is -2.59. The summed E-state index contributed by atoms with van der Waals surface area (Å²) in [6, 6.07) is 7.37. The van der Waals surface area contributed by atoms with Crippen LogP contribution in [0.25, 0.3) is 11.3 Å². The molecule has 1 aromatic heterocycles. The van der Waals surface area contributed by atoms with Crippen molar-refractivity contribution < 1.29 is 19.4 Å². The lowest BCUT2D eigenvalue weighted by atomic mass is 9.74. The first kappa shape index (κ1) is 21.9. The molecule has 4 atom stereocenters. The Morgan fingerprint density at radius 1 is 1.18 bits per heavy atom. The average Bonchev–Trinajstić information content (AvgIpc) is 3.32. The number of benzene rings is 1. The molecule has 1 N–H and O–H groups in total. The highest BCUT2D eigenvalue weighted by molar-refractivity contribution is 5.80. The number of ether oxygens (including phenoxy) is 1. The van der Waals surface area contributed by atoms with Gasteiger partial charge in [0, 0.05) is 31.2 Å². The van der Waals surface area contributed by atoms with Crippen molar-refractivity contribution >= 4 is 11.9 Å². The summed E-state index contributed by atoms with van der Waals surface area (Å²) in [6.07, 6.45) is 5.34. The highest BCUT2D eigenvalue weighted by atomic mass is 16.5. The number of phenols is 1. The van der Waals surface area contributed by atoms with Gasteiger partial charge in [-0.2, -0.15) is 0 Å². The number of aromatic hydroxyl groups is 1. The second kappa shape index (κ2) is 9.13. The van der Waals surface area contributed by atoms with E-state index in [1.807, 2.05) is 21.8 Å². The van der Waals surface area contributed by atoms with Gasteiger partial charge in [-0.05, 0) is 50.3 Å². The topological polar surface area (TPSA) is 101 Å². The third kappa shape index (κ3) is 4.46. The Morgan fingerprint density at radius 2 is 2.00 bits per heavy atom. The molecule has 0 radical (unpaired) electrons. The Kier molecular flexibility index (Phi) is 6.05. The number of carbonyl (C=O) groups is 2. The second-order valence-electron chi connectivity index (χ2n) is 9.54. The summed E-state index contributed by atoms with van der Waals surface area (Å²) in [5.41, 5.74) is 1.58. The summed E-state index contributed by atoms with van der Waals surface area (Å²) in [5.74, 6) is 0.653. The molecular formula is C24H31N5O4. The lowest BCUT2D eigenvalue weighted by Gasteiger charge is -2.50. The number of likely N-dealkylation sites (tertiary alicyclic amines) is 1. The SMILES string of the molecule is COC(=O)C1CCN(C(=O)[C@H]2CN3CCC2C[C@@H]3Cn2cc(-c3cccc(O)c3)nn2)CC1. The highest BCUT2D eigenvalue weighted by Gasteiger charge is 2.45. The number of hydrogen-bond acceptors (Lipinski definition) is 7. The van der Waals surface area contributed by atoms with E-state index in [4.69, 9.17) is 4.74 Å². The minimum absolute atomic E-state index is 0.0447. The van der Waals surface area contributed by atoms with Crippen LogP contribution in [0.1, 0.15) is 25.7 Å². The van der Waals surface area contributed by atoms with E-state index in [1.54, 1.807) is 18.2 Å². The molecule has 4 aliphatic heterocycles. The van der Waals surface area contributed by atoms with Gasteiger partial charge in [-0.25, -0.2) is 0 Å². The average molecular weight is 454 g/mol. The predicted molar refractivity (Wildman–Crippen MR) is 120 cm³/mol. The molecule has 0 saturated carbocycles. The predicted octanol–water partition coefficient (Wildman–Crippen LogP) is 1.77. The molecule has 1 amide bonds. The van der Waals surface area contributed by atoms with Gasteiger partial charge >= 0.3 is 5.97 Å². The van der Waals surface area contributed by atoms with Crippen molar-refractivity contribution in [3.8, 4) is 17.0 Å². The van der Waals surface area contributed by atoms with Gasteiger partial charge in [-0.1, -0.05) is 17.3 Å². The van der Waals surface area contributed by atoms with Gasteiger partial charge < -0.3 is 14.7 Å². The number of carbonyl (C=O) groups excluding carboxylic acids is 2. The molecule has 176 valence electrons. The van der Waals surface area contributed by atoms with Crippen LogP contribution in [-0.4, -0.2) is 81.1 Å². The number of amides is 1. The molecular weight excluding hydrogens is 422 g/mol. The van der Waals surface area contributed by atoms with Gasteiger partial charge in [0.1, 0.15) is 11.4 Å². The van der Waals surface area contributed by atoms with E-state index in [0.717, 1.165) is 43.7 Å². The zero-order chi connectivity index (χ0) is 22.9. The van der Waals surface area contributed by atoms with Crippen molar-refractivity contribution in [1.82, 2.24) is 24.8 Å². The number of fused-ring (bicyclic) bond motifs is 3. The molecule has 9 nitrogen and oxygen atoms in total. The molecule has 2 unspecified atom stereocenters. The zero-order valence-corrected chi connectivity index (χ0v) is 19.0. The van der Waals surface area contributed by atoms with E-state index in [2.05, 4.69) is 15.2 Å². The van der Waals surface area contributed by atoms with E-state index in [-0.39, 0.29) is 29.5 Å². The van der Waals surface area contributed by atoms with Gasteiger partial charge in [0.05, 0.1) is 31.7 Å². The van der Waals surface area contributed by atoms with Crippen LogP contribution in [0.3, 0.4) is 0 Å². The van der Waals surface area contributed by atoms with Crippen LogP contribution in [0.2, 0.25) is 0 Å². The Morgan fingerprint density at radius 3 is 2.70 bits per heavy atom. The summed E-state index contributed by atoms with van der Waals surface area (Å²) < 4.78 is 6.74. The maximum Gasteiger partial charge on any atom is 0.308 e. The molecule has 2 aromatic rings. The third-order valence-corrected chi connectivity index (χ3v) is 7.62. The Hall–Kier alpha value is -2.94. The Balaban J connectivity index is 1.18. The molecule has 9 heteroatoms. The number of nitrogens with zero attached hydrogens (tertiary/aromatic N) is 5. The zero-order valence-electron chi connectivity index (χ0n) is 19.0. The van der Waals surface area contributed by atoms with E-state index in [1.165, 1.54) is 7.11 Å². The molecule has 5 heterocycles. The van der Waals surface area contributed by atoms with Crippen molar-refractivity contribution in [3.63, 3.8) is 0 Å². The monoisotopic (exact) mass is 453 g/mol. The lowest BCUT2D eigenvalue weighted by molar-refractivity contribution is -0.152. The highest BCUT2D eigenvalue weighted by Crippen LogP contribution is 2.38. The van der Waals surface area contributed by atoms with E-state index >= 15 is 0 Å². The van der Waals surface area contributed by atoms with Crippen molar-refractivity contribution in [2.75, 3.05) is 33.3 Å². The van der Waals surface area contributed by atoms with Crippen LogP contribution in [-0.2, 0) is 20.9 Å². The first-order chi connectivity index (χ1) is 16.0. The fourth-order valence-corrected chi connectivity index (χ4v) is 5.75. The minimum atomic E-state index is -0.159. The summed E-state index contributed by atoms with van der Waals surface area (Å²) >= 11 is 0. The van der Waals surface area contributed by atoms with Crippen LogP contribution in [0.4, 0.5) is 0 Å². The maximum atomic E-state index is 13.3. The quantitative estimate of drug-likeness (QED) is 0.689. The fraction of sp³-hybridized carbons (Fsp3) is 0.583. The summed E-state index contributed by atoms with van der Waals surface area (Å²) in [5, 5.41) is 18.3. The molecule has 1 aromatic carbocycles. The third-order valence-electron chi connectivity index (χ3n) is 7.62. The van der Waals surface area contributed by atoms with Crippen LogP contribution in [0.5, 0.6) is 5.75 Å². The van der Waals surface area contributed by atoms with Crippen LogP contribution in [0, 0.1) is 17.8 Å². The van der Waals surface area contributed by atoms with E-state index in [0.29, 0.717) is 37.9 Å². The van der Waals surface area contributed by atoms with Crippen molar-refractivity contribution in [3.05, 3.63) is 30.5 Å². The largest absolute Gasteiger partial charge is 0.508 e. The molecule has 4 fully saturated rings. The molecule has 0 spiro atoms. The number of hydrogen-bond donors (Lipinski definition) is 1. The Bertz CT molecular complexity index is 1020. The van der Waals surface area contributed by atoms with Gasteiger partial charge in [0.15, 0.2) is 0 Å². The van der Waals surface area contributed by atoms with Gasteiger partial charge in [-0.15, -0.1) is 5.10 Å². The maximum absolute atomic E-state index is 13.3. The van der Waals surface area contributed by atoms with Crippen LogP contribution < -0.4 is 0 Å². The molecule has 4 saturated heterocycles. The number of phenolic OH excluding ortho intramolecular Hbond substituents is 1. The normalized spacial score (nSPS) is 27.5. The van der Waals surface area contributed by atoms with Gasteiger partial charge in [0.2, 0.25) is 5.91 Å². The summed E-state index contributed by atoms with van der Waals surface area (Å²) in [6.45, 7) is 3.83. The second-order valence-corrected chi connectivity index (χ2v) is 9.54. The number of aromatic nitrogens is 3. The molecule has 33 heavy (non-hydrogen) atoms. The van der Waals surface area contributed by atoms with Crippen molar-refractivity contribution in [2.45, 2.75) is 38.3 Å². The number of esters is 1. The molecule has 2 bridgehead atoms. The number of methoxy groups -OCH3 is 1. The Labute approximate surface area is 193 Å². The fourth-order valence-electron chi connectivity index (χ4n) is 5.75.